The first kappa shape index (κ1) is 19.1. The highest BCUT2D eigenvalue weighted by atomic mass is 32.2. The van der Waals surface area contributed by atoms with Gasteiger partial charge in [0.1, 0.15) is 11.4 Å². The molecule has 148 valence electrons. The Kier molecular flexibility index (Phi) is 5.20. The van der Waals surface area contributed by atoms with Gasteiger partial charge in [-0.2, -0.15) is 0 Å². The third-order valence-electron chi connectivity index (χ3n) is 4.90. The summed E-state index contributed by atoms with van der Waals surface area (Å²) in [4.78, 5) is 32.0. The topological polar surface area (TPSA) is 80.8 Å². The minimum Gasteiger partial charge on any atom is -0.493 e. The second-order valence-electron chi connectivity index (χ2n) is 6.60. The zero-order valence-corrected chi connectivity index (χ0v) is 17.5. The molecule has 1 N–H and O–H groups in total. The predicted octanol–water partition coefficient (Wildman–Crippen LogP) is 2.40. The van der Waals surface area contributed by atoms with Crippen LogP contribution in [0.2, 0.25) is 0 Å². The lowest BCUT2D eigenvalue weighted by Crippen LogP contribution is -2.46. The van der Waals surface area contributed by atoms with E-state index in [1.54, 1.807) is 41.2 Å². The summed E-state index contributed by atoms with van der Waals surface area (Å²) in [5, 5.41) is 5.79. The minimum absolute atomic E-state index is 0.129. The van der Waals surface area contributed by atoms with Gasteiger partial charge in [0.05, 0.1) is 24.8 Å². The van der Waals surface area contributed by atoms with Crippen LogP contribution in [0.25, 0.3) is 0 Å². The Balaban J connectivity index is 1.48. The highest BCUT2D eigenvalue weighted by Gasteiger charge is 2.50. The number of amides is 2. The van der Waals surface area contributed by atoms with Crippen molar-refractivity contribution in [2.24, 2.45) is 0 Å². The first-order valence-corrected chi connectivity index (χ1v) is 10.9. The van der Waals surface area contributed by atoms with Crippen LogP contribution in [0.4, 0.5) is 0 Å². The van der Waals surface area contributed by atoms with Gasteiger partial charge in [-0.05, 0) is 13.0 Å². The smallest absolute Gasteiger partial charge is 0.260 e. The molecule has 0 bridgehead atoms. The number of thioether (sulfide) groups is 1. The molecule has 1 aromatic carbocycles. The number of aryl methyl sites for hydroxylation is 1. The Hall–Kier alpha value is -2.26. The number of nitrogens with one attached hydrogen (secondary N) is 1. The summed E-state index contributed by atoms with van der Waals surface area (Å²) in [5.74, 6) is 1.21. The molecule has 28 heavy (non-hydrogen) atoms. The van der Waals surface area contributed by atoms with E-state index in [-0.39, 0.29) is 17.2 Å². The van der Waals surface area contributed by atoms with E-state index < -0.39 is 6.04 Å². The monoisotopic (exact) mass is 419 g/mol. The van der Waals surface area contributed by atoms with E-state index in [9.17, 15) is 9.59 Å². The largest absolute Gasteiger partial charge is 0.493 e. The Morgan fingerprint density at radius 3 is 2.86 bits per heavy atom. The van der Waals surface area contributed by atoms with Gasteiger partial charge >= 0.3 is 0 Å². The molecular formula is C19H21N3O4S2. The van der Waals surface area contributed by atoms with Crippen LogP contribution in [0.3, 0.4) is 0 Å². The number of fused-ring (bicyclic) bond motifs is 3. The fourth-order valence-corrected chi connectivity index (χ4v) is 5.85. The number of hydrogen-bond donors (Lipinski definition) is 1. The zero-order valence-electron chi connectivity index (χ0n) is 15.9. The lowest BCUT2D eigenvalue weighted by atomic mass is 10.1. The van der Waals surface area contributed by atoms with Gasteiger partial charge in [0.2, 0.25) is 5.91 Å². The lowest BCUT2D eigenvalue weighted by molar-refractivity contribution is -0.124. The summed E-state index contributed by atoms with van der Waals surface area (Å²) >= 11 is 3.19. The van der Waals surface area contributed by atoms with E-state index in [1.807, 2.05) is 18.4 Å². The van der Waals surface area contributed by atoms with Gasteiger partial charge in [0, 0.05) is 35.4 Å². The molecule has 0 aliphatic carbocycles. The normalized spacial score (nSPS) is 20.1. The van der Waals surface area contributed by atoms with E-state index in [0.717, 1.165) is 16.3 Å². The molecule has 0 saturated carbocycles. The SMILES string of the molecule is COc1ccc2c(c1OC)C(=O)N1C(C(=O)NCCc3nc(C)cs3)CSC21. The first-order chi connectivity index (χ1) is 13.5. The van der Waals surface area contributed by atoms with Crippen LogP contribution in [0, 0.1) is 6.92 Å². The van der Waals surface area contributed by atoms with Crippen LogP contribution in [0.5, 0.6) is 11.5 Å². The number of carbonyl (C=O) groups is 2. The summed E-state index contributed by atoms with van der Waals surface area (Å²) in [7, 11) is 3.06. The van der Waals surface area contributed by atoms with E-state index in [1.165, 1.54) is 7.11 Å². The molecule has 2 aliphatic heterocycles. The summed E-state index contributed by atoms with van der Waals surface area (Å²) in [6.45, 7) is 2.46. The molecule has 0 spiro atoms. The van der Waals surface area contributed by atoms with Crippen molar-refractivity contribution < 1.29 is 19.1 Å². The molecule has 7 nitrogen and oxygen atoms in total. The molecule has 2 atom stereocenters. The summed E-state index contributed by atoms with van der Waals surface area (Å²) in [6, 6.07) is 3.19. The third kappa shape index (κ3) is 3.12. The van der Waals surface area contributed by atoms with Crippen LogP contribution in [0.15, 0.2) is 17.5 Å². The standard InChI is InChI=1S/C19H21N3O4S2/c1-10-8-27-14(21-10)6-7-20-17(23)12-9-28-19-11-4-5-13(25-2)16(26-3)15(11)18(24)22(12)19/h4-5,8,12,19H,6-7,9H2,1-3H3,(H,20,23). The van der Waals surface area contributed by atoms with Crippen molar-refractivity contribution in [1.29, 1.82) is 0 Å². The predicted molar refractivity (Wildman–Crippen MR) is 108 cm³/mol. The van der Waals surface area contributed by atoms with Crippen LogP contribution < -0.4 is 14.8 Å². The number of ether oxygens (including phenoxy) is 2. The molecule has 2 unspecified atom stereocenters. The fraction of sp³-hybridized carbons (Fsp3) is 0.421. The molecule has 3 heterocycles. The van der Waals surface area contributed by atoms with Crippen molar-refractivity contribution in [1.82, 2.24) is 15.2 Å². The number of thiazole rings is 1. The van der Waals surface area contributed by atoms with Crippen LogP contribution in [-0.2, 0) is 11.2 Å². The molecule has 2 amide bonds. The summed E-state index contributed by atoms with van der Waals surface area (Å²) in [6.07, 6.45) is 0.687. The number of rotatable bonds is 6. The van der Waals surface area contributed by atoms with Crippen LogP contribution in [-0.4, -0.2) is 54.3 Å². The second kappa shape index (κ2) is 7.63. The number of methoxy groups -OCH3 is 2. The molecule has 4 rings (SSSR count). The van der Waals surface area contributed by atoms with Gasteiger partial charge in [-0.25, -0.2) is 4.98 Å². The average Bonchev–Trinajstić information content (AvgIpc) is 3.38. The molecule has 1 aromatic heterocycles. The Bertz CT molecular complexity index is 930. The summed E-state index contributed by atoms with van der Waals surface area (Å²) in [5.41, 5.74) is 2.36. The molecule has 1 saturated heterocycles. The summed E-state index contributed by atoms with van der Waals surface area (Å²) < 4.78 is 10.8. The quantitative estimate of drug-likeness (QED) is 0.774. The third-order valence-corrected chi connectivity index (χ3v) is 7.23. The van der Waals surface area contributed by atoms with Gasteiger partial charge < -0.3 is 19.7 Å². The molecule has 2 aromatic rings. The van der Waals surface area contributed by atoms with E-state index >= 15 is 0 Å². The molecule has 1 fully saturated rings. The van der Waals surface area contributed by atoms with Crippen molar-refractivity contribution in [3.63, 3.8) is 0 Å². The lowest BCUT2D eigenvalue weighted by Gasteiger charge is -2.22. The highest BCUT2D eigenvalue weighted by molar-refractivity contribution is 7.99. The molecule has 2 aliphatic rings. The fourth-order valence-electron chi connectivity index (χ4n) is 3.62. The minimum atomic E-state index is -0.497. The van der Waals surface area contributed by atoms with Gasteiger partial charge in [0.15, 0.2) is 11.5 Å². The van der Waals surface area contributed by atoms with Crippen molar-refractivity contribution >= 4 is 34.9 Å². The van der Waals surface area contributed by atoms with Crippen molar-refractivity contribution in [3.8, 4) is 11.5 Å². The Morgan fingerprint density at radius 2 is 2.18 bits per heavy atom. The molecule has 9 heteroatoms. The van der Waals surface area contributed by atoms with Gasteiger partial charge in [-0.3, -0.25) is 9.59 Å². The van der Waals surface area contributed by atoms with E-state index in [2.05, 4.69) is 10.3 Å². The zero-order chi connectivity index (χ0) is 19.8. The van der Waals surface area contributed by atoms with Crippen LogP contribution >= 0.6 is 23.1 Å². The maximum absolute atomic E-state index is 13.1. The molecule has 0 radical (unpaired) electrons. The number of aromatic nitrogens is 1. The first-order valence-electron chi connectivity index (χ1n) is 8.93. The average molecular weight is 420 g/mol. The number of benzene rings is 1. The van der Waals surface area contributed by atoms with Crippen molar-refractivity contribution in [2.45, 2.75) is 24.8 Å². The number of nitrogens with zero attached hydrogens (tertiary/aromatic N) is 2. The van der Waals surface area contributed by atoms with Crippen molar-refractivity contribution in [2.75, 3.05) is 26.5 Å². The van der Waals surface area contributed by atoms with Gasteiger partial charge in [-0.15, -0.1) is 23.1 Å². The van der Waals surface area contributed by atoms with E-state index in [0.29, 0.717) is 35.8 Å². The Labute approximate surface area is 171 Å². The number of hydrogen-bond acceptors (Lipinski definition) is 7. The van der Waals surface area contributed by atoms with Crippen LogP contribution in [0.1, 0.15) is 32.0 Å². The maximum Gasteiger partial charge on any atom is 0.260 e. The Morgan fingerprint density at radius 1 is 1.36 bits per heavy atom. The molecular weight excluding hydrogens is 398 g/mol. The highest BCUT2D eigenvalue weighted by Crippen LogP contribution is 2.52. The number of carbonyl (C=O) groups excluding carboxylic acids is 2. The van der Waals surface area contributed by atoms with Gasteiger partial charge in [0.25, 0.3) is 5.91 Å². The van der Waals surface area contributed by atoms with Crippen molar-refractivity contribution in [3.05, 3.63) is 39.3 Å². The maximum atomic E-state index is 13.1. The second-order valence-corrected chi connectivity index (χ2v) is 8.66. The van der Waals surface area contributed by atoms with E-state index in [4.69, 9.17) is 9.47 Å². The van der Waals surface area contributed by atoms with Gasteiger partial charge in [-0.1, -0.05) is 6.07 Å².